The number of rotatable bonds is 3. The van der Waals surface area contributed by atoms with Crippen LogP contribution in [0.4, 0.5) is 0 Å². The lowest BCUT2D eigenvalue weighted by Gasteiger charge is -2.44. The lowest BCUT2D eigenvalue weighted by molar-refractivity contribution is 0.0553. The van der Waals surface area contributed by atoms with Crippen LogP contribution in [0.3, 0.4) is 0 Å². The summed E-state index contributed by atoms with van der Waals surface area (Å²) in [6, 6.07) is 3.14. The normalized spacial score (nSPS) is 24.4. The fraction of sp³-hybridized carbons (Fsp3) is 0.692. The highest BCUT2D eigenvalue weighted by Gasteiger charge is 2.30. The van der Waals surface area contributed by atoms with Crippen molar-refractivity contribution in [3.05, 3.63) is 20.3 Å². The van der Waals surface area contributed by atoms with Gasteiger partial charge in [0.1, 0.15) is 0 Å². The van der Waals surface area contributed by atoms with Gasteiger partial charge in [0.05, 0.1) is 8.67 Å². The van der Waals surface area contributed by atoms with Gasteiger partial charge in [-0.3, -0.25) is 9.80 Å². The molecular weight excluding hydrogens is 301 g/mol. The van der Waals surface area contributed by atoms with Crippen LogP contribution in [-0.4, -0.2) is 55.1 Å². The van der Waals surface area contributed by atoms with E-state index in [2.05, 4.69) is 22.0 Å². The SMILES string of the molecule is CC(c1cc(Cl)sc1Cl)N1CCN(C2CNC2)CC1. The van der Waals surface area contributed by atoms with E-state index < -0.39 is 0 Å². The molecule has 19 heavy (non-hydrogen) atoms. The molecule has 0 bridgehead atoms. The average molecular weight is 320 g/mol. The van der Waals surface area contributed by atoms with Crippen molar-refractivity contribution in [1.82, 2.24) is 15.1 Å². The minimum atomic E-state index is 0.359. The molecule has 2 aliphatic heterocycles. The highest BCUT2D eigenvalue weighted by atomic mass is 35.5. The summed E-state index contributed by atoms with van der Waals surface area (Å²) in [6.07, 6.45) is 0. The Labute approximate surface area is 128 Å². The number of thiophene rings is 1. The average Bonchev–Trinajstić information content (AvgIpc) is 2.66. The minimum absolute atomic E-state index is 0.359. The van der Waals surface area contributed by atoms with Crippen molar-refractivity contribution in [2.45, 2.75) is 19.0 Å². The van der Waals surface area contributed by atoms with Gasteiger partial charge >= 0.3 is 0 Å². The summed E-state index contributed by atoms with van der Waals surface area (Å²) in [4.78, 5) is 5.11. The van der Waals surface area contributed by atoms with Gasteiger partial charge in [0.2, 0.25) is 0 Å². The standard InChI is InChI=1S/C13H19Cl2N3S/c1-9(11-6-12(14)19-13(11)15)17-2-4-18(5-3-17)10-7-16-8-10/h6,9-10,16H,2-5,7-8H2,1H3. The first-order chi connectivity index (χ1) is 9.15. The van der Waals surface area contributed by atoms with Crippen LogP contribution >= 0.6 is 34.5 Å². The molecule has 106 valence electrons. The van der Waals surface area contributed by atoms with Crippen LogP contribution in [0.5, 0.6) is 0 Å². The Morgan fingerprint density at radius 3 is 2.42 bits per heavy atom. The molecule has 6 heteroatoms. The number of hydrogen-bond acceptors (Lipinski definition) is 4. The van der Waals surface area contributed by atoms with Gasteiger partial charge in [0, 0.05) is 56.9 Å². The Morgan fingerprint density at radius 1 is 1.26 bits per heavy atom. The van der Waals surface area contributed by atoms with Crippen molar-refractivity contribution in [2.24, 2.45) is 0 Å². The summed E-state index contributed by atoms with van der Waals surface area (Å²) in [5.41, 5.74) is 1.18. The van der Waals surface area contributed by atoms with E-state index in [0.29, 0.717) is 6.04 Å². The van der Waals surface area contributed by atoms with E-state index >= 15 is 0 Å². The molecule has 2 fully saturated rings. The van der Waals surface area contributed by atoms with Gasteiger partial charge in [0.15, 0.2) is 0 Å². The number of nitrogens with zero attached hydrogens (tertiary/aromatic N) is 2. The van der Waals surface area contributed by atoms with Crippen molar-refractivity contribution in [1.29, 1.82) is 0 Å². The Bertz CT molecular complexity index is 439. The molecule has 0 spiro atoms. The van der Waals surface area contributed by atoms with E-state index in [-0.39, 0.29) is 0 Å². The summed E-state index contributed by atoms with van der Waals surface area (Å²) in [6.45, 7) is 9.08. The smallest absolute Gasteiger partial charge is 0.0991 e. The number of nitrogens with one attached hydrogen (secondary N) is 1. The number of halogens is 2. The summed E-state index contributed by atoms with van der Waals surface area (Å²) >= 11 is 13.8. The van der Waals surface area contributed by atoms with E-state index in [1.54, 1.807) is 0 Å². The molecule has 2 aliphatic rings. The first kappa shape index (κ1) is 14.1. The Morgan fingerprint density at radius 2 is 1.95 bits per heavy atom. The summed E-state index contributed by atoms with van der Waals surface area (Å²) < 4.78 is 1.62. The monoisotopic (exact) mass is 319 g/mol. The number of hydrogen-bond donors (Lipinski definition) is 1. The van der Waals surface area contributed by atoms with Gasteiger partial charge in [0.25, 0.3) is 0 Å². The zero-order chi connectivity index (χ0) is 13.4. The van der Waals surface area contributed by atoms with E-state index in [1.165, 1.54) is 16.9 Å². The van der Waals surface area contributed by atoms with Crippen LogP contribution in [0.1, 0.15) is 18.5 Å². The second-order valence-electron chi connectivity index (χ2n) is 5.34. The molecule has 3 nitrogen and oxygen atoms in total. The topological polar surface area (TPSA) is 18.5 Å². The maximum Gasteiger partial charge on any atom is 0.0991 e. The van der Waals surface area contributed by atoms with E-state index in [0.717, 1.165) is 54.0 Å². The first-order valence-corrected chi connectivity index (χ1v) is 8.36. The molecule has 2 saturated heterocycles. The zero-order valence-electron chi connectivity index (χ0n) is 11.0. The molecule has 3 heterocycles. The van der Waals surface area contributed by atoms with Crippen molar-refractivity contribution in [3.8, 4) is 0 Å². The van der Waals surface area contributed by atoms with Crippen molar-refractivity contribution < 1.29 is 0 Å². The third kappa shape index (κ3) is 2.94. The highest BCUT2D eigenvalue weighted by Crippen LogP contribution is 2.37. The molecule has 3 rings (SSSR count). The van der Waals surface area contributed by atoms with Gasteiger partial charge in [-0.2, -0.15) is 0 Å². The van der Waals surface area contributed by atoms with Gasteiger partial charge in [-0.1, -0.05) is 23.2 Å². The van der Waals surface area contributed by atoms with Crippen LogP contribution < -0.4 is 5.32 Å². The highest BCUT2D eigenvalue weighted by molar-refractivity contribution is 7.20. The molecular formula is C13H19Cl2N3S. The molecule has 0 aliphatic carbocycles. The third-order valence-electron chi connectivity index (χ3n) is 4.31. The van der Waals surface area contributed by atoms with Gasteiger partial charge < -0.3 is 5.32 Å². The van der Waals surface area contributed by atoms with Crippen molar-refractivity contribution >= 4 is 34.5 Å². The summed E-state index contributed by atoms with van der Waals surface area (Å²) in [5.74, 6) is 0. The lowest BCUT2D eigenvalue weighted by Crippen LogP contribution is -2.61. The first-order valence-electron chi connectivity index (χ1n) is 6.78. The van der Waals surface area contributed by atoms with Crippen LogP contribution in [0.2, 0.25) is 8.67 Å². The predicted molar refractivity (Wildman–Crippen MR) is 82.6 cm³/mol. The molecule has 1 aromatic rings. The van der Waals surface area contributed by atoms with Gasteiger partial charge in [-0.15, -0.1) is 11.3 Å². The molecule has 0 saturated carbocycles. The van der Waals surface area contributed by atoms with Gasteiger partial charge in [-0.05, 0) is 13.0 Å². The lowest BCUT2D eigenvalue weighted by atomic mass is 10.1. The Hall–Kier alpha value is 0.160. The molecule has 0 aromatic carbocycles. The summed E-state index contributed by atoms with van der Waals surface area (Å²) in [7, 11) is 0. The maximum atomic E-state index is 6.26. The van der Waals surface area contributed by atoms with Crippen LogP contribution in [0.15, 0.2) is 6.07 Å². The van der Waals surface area contributed by atoms with Crippen molar-refractivity contribution in [3.63, 3.8) is 0 Å². The van der Waals surface area contributed by atoms with Crippen LogP contribution in [0, 0.1) is 0 Å². The summed E-state index contributed by atoms with van der Waals surface area (Å²) in [5, 5.41) is 3.34. The predicted octanol–water partition coefficient (Wildman–Crippen LogP) is 2.71. The molecule has 0 amide bonds. The molecule has 1 aromatic heterocycles. The maximum absolute atomic E-state index is 6.26. The zero-order valence-corrected chi connectivity index (χ0v) is 13.4. The Balaban J connectivity index is 1.59. The van der Waals surface area contributed by atoms with E-state index in [1.807, 2.05) is 6.07 Å². The van der Waals surface area contributed by atoms with Crippen LogP contribution in [-0.2, 0) is 0 Å². The molecule has 0 radical (unpaired) electrons. The quantitative estimate of drug-likeness (QED) is 0.924. The second kappa shape index (κ2) is 5.88. The fourth-order valence-electron chi connectivity index (χ4n) is 2.86. The van der Waals surface area contributed by atoms with E-state index in [9.17, 15) is 0 Å². The third-order valence-corrected chi connectivity index (χ3v) is 5.82. The largest absolute Gasteiger partial charge is 0.314 e. The minimum Gasteiger partial charge on any atom is -0.314 e. The van der Waals surface area contributed by atoms with E-state index in [4.69, 9.17) is 23.2 Å². The Kier molecular flexibility index (Phi) is 4.37. The fourth-order valence-corrected chi connectivity index (χ4v) is 4.49. The van der Waals surface area contributed by atoms with Crippen LogP contribution in [0.25, 0.3) is 0 Å². The molecule has 1 N–H and O–H groups in total. The van der Waals surface area contributed by atoms with Gasteiger partial charge in [-0.25, -0.2) is 0 Å². The second-order valence-corrected chi connectivity index (χ2v) is 7.63. The molecule has 1 unspecified atom stereocenters. The number of piperazine rings is 1. The molecule has 1 atom stereocenters. The van der Waals surface area contributed by atoms with Crippen molar-refractivity contribution in [2.75, 3.05) is 39.3 Å².